The Kier molecular flexibility index (Phi) is 5.35. The molecule has 0 aliphatic carbocycles. The monoisotopic (exact) mass is 318 g/mol. The summed E-state index contributed by atoms with van der Waals surface area (Å²) in [5.74, 6) is 0.427. The second-order valence-electron chi connectivity index (χ2n) is 4.82. The van der Waals surface area contributed by atoms with Gasteiger partial charge < -0.3 is 19.3 Å². The number of amides is 1. The number of carbonyl (C=O) groups is 2. The van der Waals surface area contributed by atoms with Crippen molar-refractivity contribution in [1.82, 2.24) is 5.16 Å². The van der Waals surface area contributed by atoms with Crippen molar-refractivity contribution in [2.75, 3.05) is 11.9 Å². The normalized spacial score (nSPS) is 11.6. The molecule has 0 unspecified atom stereocenters. The molecule has 7 nitrogen and oxygen atoms in total. The SMILES string of the molecule is CCOc1ccc(C(=O)O[C@@H](C)C(=O)Nc2cc(C)on2)cc1. The largest absolute Gasteiger partial charge is 0.494 e. The summed E-state index contributed by atoms with van der Waals surface area (Å²) in [7, 11) is 0. The number of aromatic nitrogens is 1. The molecular formula is C16H18N2O5. The maximum Gasteiger partial charge on any atom is 0.338 e. The van der Waals surface area contributed by atoms with Gasteiger partial charge in [-0.25, -0.2) is 4.79 Å². The Bertz CT molecular complexity index is 678. The molecule has 0 bridgehead atoms. The van der Waals surface area contributed by atoms with E-state index >= 15 is 0 Å². The number of nitrogens with zero attached hydrogens (tertiary/aromatic N) is 1. The maximum absolute atomic E-state index is 12.0. The lowest BCUT2D eigenvalue weighted by Crippen LogP contribution is -2.30. The molecule has 2 rings (SSSR count). The third-order valence-corrected chi connectivity index (χ3v) is 2.93. The number of ether oxygens (including phenoxy) is 2. The molecule has 7 heteroatoms. The van der Waals surface area contributed by atoms with Crippen molar-refractivity contribution in [3.8, 4) is 5.75 Å². The van der Waals surface area contributed by atoms with Crippen LogP contribution in [-0.4, -0.2) is 29.7 Å². The van der Waals surface area contributed by atoms with E-state index in [2.05, 4.69) is 10.5 Å². The summed E-state index contributed by atoms with van der Waals surface area (Å²) < 4.78 is 15.3. The van der Waals surface area contributed by atoms with Crippen molar-refractivity contribution in [2.24, 2.45) is 0 Å². The van der Waals surface area contributed by atoms with Gasteiger partial charge in [0.2, 0.25) is 0 Å². The molecule has 1 atom stereocenters. The van der Waals surface area contributed by atoms with Gasteiger partial charge in [0, 0.05) is 6.07 Å². The van der Waals surface area contributed by atoms with Crippen LogP contribution < -0.4 is 10.1 Å². The Morgan fingerprint density at radius 3 is 2.57 bits per heavy atom. The number of carbonyl (C=O) groups excluding carboxylic acids is 2. The van der Waals surface area contributed by atoms with Crippen molar-refractivity contribution in [3.63, 3.8) is 0 Å². The number of rotatable bonds is 6. The lowest BCUT2D eigenvalue weighted by atomic mass is 10.2. The molecule has 1 heterocycles. The Labute approximate surface area is 133 Å². The van der Waals surface area contributed by atoms with E-state index in [-0.39, 0.29) is 5.82 Å². The number of hydrogen-bond donors (Lipinski definition) is 1. The highest BCUT2D eigenvalue weighted by atomic mass is 16.5. The zero-order valence-corrected chi connectivity index (χ0v) is 13.2. The van der Waals surface area contributed by atoms with Crippen molar-refractivity contribution in [1.29, 1.82) is 0 Å². The highest BCUT2D eigenvalue weighted by molar-refractivity contribution is 5.96. The molecule has 1 amide bonds. The third kappa shape index (κ3) is 4.57. The van der Waals surface area contributed by atoms with Crippen LogP contribution in [0.15, 0.2) is 34.9 Å². The van der Waals surface area contributed by atoms with Crippen LogP contribution in [-0.2, 0) is 9.53 Å². The van der Waals surface area contributed by atoms with Crippen LogP contribution in [0, 0.1) is 6.92 Å². The summed E-state index contributed by atoms with van der Waals surface area (Å²) in [6.07, 6.45) is -0.967. The molecule has 0 aliphatic rings. The van der Waals surface area contributed by atoms with E-state index in [9.17, 15) is 9.59 Å². The average Bonchev–Trinajstić information content (AvgIpc) is 2.93. The van der Waals surface area contributed by atoms with Gasteiger partial charge in [-0.05, 0) is 45.0 Å². The third-order valence-electron chi connectivity index (χ3n) is 2.93. The molecule has 0 aliphatic heterocycles. The Balaban J connectivity index is 1.91. The molecule has 122 valence electrons. The highest BCUT2D eigenvalue weighted by Gasteiger charge is 2.20. The topological polar surface area (TPSA) is 90.7 Å². The first-order valence-corrected chi connectivity index (χ1v) is 7.17. The van der Waals surface area contributed by atoms with Crippen LogP contribution in [0.4, 0.5) is 5.82 Å². The Morgan fingerprint density at radius 1 is 1.30 bits per heavy atom. The van der Waals surface area contributed by atoms with Crippen LogP contribution in [0.3, 0.4) is 0 Å². The Morgan fingerprint density at radius 2 is 2.00 bits per heavy atom. The minimum atomic E-state index is -0.967. The van der Waals surface area contributed by atoms with Gasteiger partial charge >= 0.3 is 5.97 Å². The molecule has 23 heavy (non-hydrogen) atoms. The Hall–Kier alpha value is -2.83. The fourth-order valence-electron chi connectivity index (χ4n) is 1.79. The lowest BCUT2D eigenvalue weighted by Gasteiger charge is -2.12. The number of anilines is 1. The van der Waals surface area contributed by atoms with Gasteiger partial charge in [-0.2, -0.15) is 0 Å². The van der Waals surface area contributed by atoms with E-state index in [1.807, 2.05) is 6.92 Å². The summed E-state index contributed by atoms with van der Waals surface area (Å²) in [4.78, 5) is 23.9. The summed E-state index contributed by atoms with van der Waals surface area (Å²) in [5, 5.41) is 6.15. The van der Waals surface area contributed by atoms with Gasteiger partial charge in [0.15, 0.2) is 11.9 Å². The molecule has 1 aromatic carbocycles. The van der Waals surface area contributed by atoms with Crippen LogP contribution in [0.1, 0.15) is 30.0 Å². The summed E-state index contributed by atoms with van der Waals surface area (Å²) in [6, 6.07) is 8.07. The number of benzene rings is 1. The molecule has 0 fully saturated rings. The van der Waals surface area contributed by atoms with E-state index < -0.39 is 18.0 Å². The van der Waals surface area contributed by atoms with Gasteiger partial charge in [0.1, 0.15) is 11.5 Å². The first-order valence-electron chi connectivity index (χ1n) is 7.17. The van der Waals surface area contributed by atoms with Crippen LogP contribution in [0.2, 0.25) is 0 Å². The van der Waals surface area contributed by atoms with Gasteiger partial charge in [-0.3, -0.25) is 4.79 Å². The molecule has 1 aromatic heterocycles. The lowest BCUT2D eigenvalue weighted by molar-refractivity contribution is -0.123. The minimum absolute atomic E-state index is 0.275. The summed E-state index contributed by atoms with van der Waals surface area (Å²) in [6.45, 7) is 5.61. The van der Waals surface area contributed by atoms with Crippen LogP contribution >= 0.6 is 0 Å². The standard InChI is InChI=1S/C16H18N2O5/c1-4-21-13-7-5-12(6-8-13)16(20)22-11(3)15(19)17-14-9-10(2)23-18-14/h5-9,11H,4H2,1-3H3,(H,17,18,19)/t11-/m0/s1. The van der Waals surface area contributed by atoms with Crippen molar-refractivity contribution < 1.29 is 23.6 Å². The maximum atomic E-state index is 12.0. The van der Waals surface area contributed by atoms with Crippen molar-refractivity contribution >= 4 is 17.7 Å². The summed E-state index contributed by atoms with van der Waals surface area (Å²) >= 11 is 0. The summed E-state index contributed by atoms with van der Waals surface area (Å²) in [5.41, 5.74) is 0.338. The molecule has 0 radical (unpaired) electrons. The average molecular weight is 318 g/mol. The van der Waals surface area contributed by atoms with E-state index in [0.29, 0.717) is 23.7 Å². The highest BCUT2D eigenvalue weighted by Crippen LogP contribution is 2.14. The van der Waals surface area contributed by atoms with E-state index in [0.717, 1.165) is 0 Å². The molecule has 2 aromatic rings. The predicted molar refractivity (Wildman–Crippen MR) is 82.4 cm³/mol. The minimum Gasteiger partial charge on any atom is -0.494 e. The van der Waals surface area contributed by atoms with Gasteiger partial charge in [0.25, 0.3) is 5.91 Å². The number of hydrogen-bond acceptors (Lipinski definition) is 6. The molecule has 1 N–H and O–H groups in total. The number of esters is 1. The van der Waals surface area contributed by atoms with Crippen molar-refractivity contribution in [2.45, 2.75) is 26.9 Å². The molecule has 0 spiro atoms. The van der Waals surface area contributed by atoms with Crippen LogP contribution in [0.5, 0.6) is 5.75 Å². The van der Waals surface area contributed by atoms with E-state index in [1.165, 1.54) is 6.92 Å². The second kappa shape index (κ2) is 7.44. The van der Waals surface area contributed by atoms with Crippen molar-refractivity contribution in [3.05, 3.63) is 41.7 Å². The van der Waals surface area contributed by atoms with Crippen LogP contribution in [0.25, 0.3) is 0 Å². The van der Waals surface area contributed by atoms with Gasteiger partial charge in [-0.15, -0.1) is 0 Å². The zero-order valence-electron chi connectivity index (χ0n) is 13.2. The van der Waals surface area contributed by atoms with Gasteiger partial charge in [-0.1, -0.05) is 5.16 Å². The molecule has 0 saturated heterocycles. The fourth-order valence-corrected chi connectivity index (χ4v) is 1.79. The van der Waals surface area contributed by atoms with E-state index in [4.69, 9.17) is 14.0 Å². The number of nitrogens with one attached hydrogen (secondary N) is 1. The molecular weight excluding hydrogens is 300 g/mol. The number of aryl methyl sites for hydroxylation is 1. The van der Waals surface area contributed by atoms with Gasteiger partial charge in [0.05, 0.1) is 12.2 Å². The second-order valence-corrected chi connectivity index (χ2v) is 4.82. The smallest absolute Gasteiger partial charge is 0.338 e. The molecule has 0 saturated carbocycles. The fraction of sp³-hybridized carbons (Fsp3) is 0.312. The predicted octanol–water partition coefficient (Wildman–Crippen LogP) is 2.57. The first kappa shape index (κ1) is 16.5. The van der Waals surface area contributed by atoms with E-state index in [1.54, 1.807) is 37.3 Å². The quantitative estimate of drug-likeness (QED) is 0.823. The zero-order chi connectivity index (χ0) is 16.8. The first-order chi connectivity index (χ1) is 11.0.